The van der Waals surface area contributed by atoms with Gasteiger partial charge in [0.05, 0.1) is 7.11 Å². The van der Waals surface area contributed by atoms with Gasteiger partial charge < -0.3 is 20.1 Å². The van der Waals surface area contributed by atoms with Gasteiger partial charge in [-0.3, -0.25) is 9.59 Å². The number of anilines is 2. The third kappa shape index (κ3) is 6.86. The van der Waals surface area contributed by atoms with Crippen LogP contribution in [0.15, 0.2) is 78.4 Å². The standard InChI is InChI=1S/C25H20ClN3O4/c1-32-23-14-17(13-18(15-27)25(31)29-20-5-3-2-4-6-20)7-12-22(23)33-16-24(30)28-21-10-8-19(26)9-11-21/h2-14H,16H2,1H3,(H,28,30)(H,29,31)/b18-13+. The number of ether oxygens (including phenoxy) is 2. The van der Waals surface area contributed by atoms with Crippen molar-refractivity contribution in [3.8, 4) is 17.6 Å². The van der Waals surface area contributed by atoms with E-state index in [4.69, 9.17) is 21.1 Å². The van der Waals surface area contributed by atoms with Crippen molar-refractivity contribution < 1.29 is 19.1 Å². The molecule has 0 aromatic heterocycles. The second-order valence-corrected chi connectivity index (χ2v) is 7.18. The summed E-state index contributed by atoms with van der Waals surface area (Å²) in [4.78, 5) is 24.6. The van der Waals surface area contributed by atoms with Gasteiger partial charge in [0.15, 0.2) is 18.1 Å². The Kier molecular flexibility index (Phi) is 8.06. The Morgan fingerprint density at radius 1 is 0.970 bits per heavy atom. The van der Waals surface area contributed by atoms with Crippen LogP contribution < -0.4 is 20.1 Å². The maximum Gasteiger partial charge on any atom is 0.266 e. The number of nitrogens with one attached hydrogen (secondary N) is 2. The molecule has 166 valence electrons. The Bertz CT molecular complexity index is 1200. The molecule has 0 spiro atoms. The summed E-state index contributed by atoms with van der Waals surface area (Å²) in [6.45, 7) is -0.239. The molecular formula is C25H20ClN3O4. The van der Waals surface area contributed by atoms with Crippen molar-refractivity contribution in [1.82, 2.24) is 0 Å². The van der Waals surface area contributed by atoms with E-state index in [0.29, 0.717) is 33.5 Å². The van der Waals surface area contributed by atoms with Crippen molar-refractivity contribution in [3.63, 3.8) is 0 Å². The lowest BCUT2D eigenvalue weighted by molar-refractivity contribution is -0.118. The Labute approximate surface area is 196 Å². The summed E-state index contributed by atoms with van der Waals surface area (Å²) < 4.78 is 10.9. The summed E-state index contributed by atoms with van der Waals surface area (Å²) >= 11 is 5.83. The van der Waals surface area contributed by atoms with Gasteiger partial charge in [0.25, 0.3) is 11.8 Å². The Hall–Kier alpha value is -4.28. The van der Waals surface area contributed by atoms with E-state index in [9.17, 15) is 14.9 Å². The zero-order valence-corrected chi connectivity index (χ0v) is 18.4. The first-order valence-corrected chi connectivity index (χ1v) is 10.2. The molecule has 0 bridgehead atoms. The van der Waals surface area contributed by atoms with Crippen LogP contribution in [0.4, 0.5) is 11.4 Å². The van der Waals surface area contributed by atoms with E-state index in [1.54, 1.807) is 66.7 Å². The predicted octanol–water partition coefficient (Wildman–Crippen LogP) is 4.91. The fourth-order valence-corrected chi connectivity index (χ4v) is 2.93. The minimum atomic E-state index is -0.526. The second kappa shape index (κ2) is 11.4. The van der Waals surface area contributed by atoms with Crippen molar-refractivity contribution in [2.45, 2.75) is 0 Å². The average Bonchev–Trinajstić information content (AvgIpc) is 2.83. The Morgan fingerprint density at radius 2 is 1.67 bits per heavy atom. The summed E-state index contributed by atoms with van der Waals surface area (Å²) in [5.74, 6) is -0.188. The van der Waals surface area contributed by atoms with E-state index >= 15 is 0 Å². The molecule has 0 aliphatic heterocycles. The van der Waals surface area contributed by atoms with Crippen molar-refractivity contribution >= 4 is 40.9 Å². The Morgan fingerprint density at radius 3 is 2.33 bits per heavy atom. The van der Waals surface area contributed by atoms with Gasteiger partial charge in [0.2, 0.25) is 0 Å². The molecule has 3 rings (SSSR count). The third-order valence-electron chi connectivity index (χ3n) is 4.38. The van der Waals surface area contributed by atoms with E-state index in [0.717, 1.165) is 0 Å². The quantitative estimate of drug-likeness (QED) is 0.366. The molecule has 2 amide bonds. The molecule has 0 heterocycles. The molecule has 0 fully saturated rings. The number of nitriles is 1. The minimum absolute atomic E-state index is 0.0723. The van der Waals surface area contributed by atoms with Gasteiger partial charge >= 0.3 is 0 Å². The number of benzene rings is 3. The topological polar surface area (TPSA) is 100 Å². The van der Waals surface area contributed by atoms with Crippen LogP contribution in [-0.2, 0) is 9.59 Å². The SMILES string of the molecule is COc1cc(/C=C(\C#N)C(=O)Nc2ccccc2)ccc1OCC(=O)Nc1ccc(Cl)cc1. The molecule has 0 radical (unpaired) electrons. The molecule has 3 aromatic rings. The van der Waals surface area contributed by atoms with E-state index in [1.807, 2.05) is 12.1 Å². The van der Waals surface area contributed by atoms with Gasteiger partial charge in [-0.05, 0) is 60.2 Å². The first-order chi connectivity index (χ1) is 16.0. The number of para-hydroxylation sites is 1. The lowest BCUT2D eigenvalue weighted by Gasteiger charge is -2.12. The normalized spacial score (nSPS) is 10.6. The number of amides is 2. The Balaban J connectivity index is 1.66. The van der Waals surface area contributed by atoms with Gasteiger partial charge in [-0.15, -0.1) is 0 Å². The van der Waals surface area contributed by atoms with Gasteiger partial charge in [-0.2, -0.15) is 5.26 Å². The predicted molar refractivity (Wildman–Crippen MR) is 127 cm³/mol. The van der Waals surface area contributed by atoms with Crippen LogP contribution in [0.1, 0.15) is 5.56 Å². The summed E-state index contributed by atoms with van der Waals surface area (Å²) in [7, 11) is 1.46. The van der Waals surface area contributed by atoms with Crippen molar-refractivity contribution in [2.24, 2.45) is 0 Å². The number of hydrogen-bond donors (Lipinski definition) is 2. The third-order valence-corrected chi connectivity index (χ3v) is 4.63. The van der Waals surface area contributed by atoms with Gasteiger partial charge in [0, 0.05) is 16.4 Å². The van der Waals surface area contributed by atoms with Crippen molar-refractivity contribution in [3.05, 3.63) is 89.0 Å². The molecular weight excluding hydrogens is 442 g/mol. The highest BCUT2D eigenvalue weighted by Gasteiger charge is 2.12. The monoisotopic (exact) mass is 461 g/mol. The molecule has 0 unspecified atom stereocenters. The van der Waals surface area contributed by atoms with Crippen LogP contribution in [0, 0.1) is 11.3 Å². The second-order valence-electron chi connectivity index (χ2n) is 6.74. The number of halogens is 1. The maximum atomic E-state index is 12.4. The molecule has 0 atom stereocenters. The highest BCUT2D eigenvalue weighted by Crippen LogP contribution is 2.29. The first-order valence-electron chi connectivity index (χ1n) is 9.83. The molecule has 0 aliphatic carbocycles. The fraction of sp³-hybridized carbons (Fsp3) is 0.0800. The molecule has 3 aromatic carbocycles. The van der Waals surface area contributed by atoms with Crippen LogP contribution in [0.3, 0.4) is 0 Å². The number of carbonyl (C=O) groups excluding carboxylic acids is 2. The average molecular weight is 462 g/mol. The number of nitrogens with zero attached hydrogens (tertiary/aromatic N) is 1. The molecule has 0 saturated carbocycles. The van der Waals surface area contributed by atoms with E-state index in [2.05, 4.69) is 10.6 Å². The lowest BCUT2D eigenvalue weighted by Crippen LogP contribution is -2.20. The molecule has 7 nitrogen and oxygen atoms in total. The van der Waals surface area contributed by atoms with Crippen LogP contribution >= 0.6 is 11.6 Å². The van der Waals surface area contributed by atoms with Crippen molar-refractivity contribution in [2.75, 3.05) is 24.4 Å². The van der Waals surface area contributed by atoms with E-state index in [-0.39, 0.29) is 18.1 Å². The highest BCUT2D eigenvalue weighted by molar-refractivity contribution is 6.30. The van der Waals surface area contributed by atoms with E-state index < -0.39 is 5.91 Å². The van der Waals surface area contributed by atoms with Gasteiger partial charge in [-0.25, -0.2) is 0 Å². The van der Waals surface area contributed by atoms with Crippen molar-refractivity contribution in [1.29, 1.82) is 5.26 Å². The van der Waals surface area contributed by atoms with E-state index in [1.165, 1.54) is 13.2 Å². The summed E-state index contributed by atoms with van der Waals surface area (Å²) in [5.41, 5.74) is 1.67. The first kappa shape index (κ1) is 23.4. The summed E-state index contributed by atoms with van der Waals surface area (Å²) in [5, 5.41) is 15.4. The zero-order chi connectivity index (χ0) is 23.6. The maximum absolute atomic E-state index is 12.4. The highest BCUT2D eigenvalue weighted by atomic mass is 35.5. The number of hydrogen-bond acceptors (Lipinski definition) is 5. The minimum Gasteiger partial charge on any atom is -0.493 e. The molecule has 0 saturated heterocycles. The number of methoxy groups -OCH3 is 1. The zero-order valence-electron chi connectivity index (χ0n) is 17.7. The van der Waals surface area contributed by atoms with Gasteiger partial charge in [0.1, 0.15) is 11.6 Å². The largest absolute Gasteiger partial charge is 0.493 e. The summed E-state index contributed by atoms with van der Waals surface area (Å²) in [6.07, 6.45) is 1.44. The molecule has 33 heavy (non-hydrogen) atoms. The molecule has 8 heteroatoms. The summed E-state index contributed by atoms with van der Waals surface area (Å²) in [6, 6.07) is 22.3. The fourth-order valence-electron chi connectivity index (χ4n) is 2.80. The molecule has 0 aliphatic rings. The smallest absolute Gasteiger partial charge is 0.266 e. The van der Waals surface area contributed by atoms with Crippen LogP contribution in [0.5, 0.6) is 11.5 Å². The van der Waals surface area contributed by atoms with Crippen LogP contribution in [0.25, 0.3) is 6.08 Å². The lowest BCUT2D eigenvalue weighted by atomic mass is 10.1. The van der Waals surface area contributed by atoms with Gasteiger partial charge in [-0.1, -0.05) is 35.9 Å². The molecule has 2 N–H and O–H groups in total. The number of carbonyl (C=O) groups is 2. The number of rotatable bonds is 8. The van der Waals surface area contributed by atoms with Crippen LogP contribution in [-0.4, -0.2) is 25.5 Å². The van der Waals surface area contributed by atoms with Crippen LogP contribution in [0.2, 0.25) is 5.02 Å².